The van der Waals surface area contributed by atoms with Crippen LogP contribution in [0, 0.1) is 0 Å². The molecule has 1 amide bonds. The Labute approximate surface area is 138 Å². The van der Waals surface area contributed by atoms with Gasteiger partial charge in [0.2, 0.25) is 9.67 Å². The fourth-order valence-corrected chi connectivity index (χ4v) is 1.05. The van der Waals surface area contributed by atoms with E-state index in [4.69, 9.17) is 46.4 Å². The Kier molecular flexibility index (Phi) is 9.43. The number of halogens is 4. The smallest absolute Gasteiger partial charge is 0.397 e. The number of ether oxygens (including phenoxy) is 3. The average molecular weight is 385 g/mol. The molecule has 0 bridgehead atoms. The molecule has 21 heavy (non-hydrogen) atoms. The van der Waals surface area contributed by atoms with Crippen LogP contribution in [0.15, 0.2) is 0 Å². The van der Waals surface area contributed by atoms with E-state index in [1.54, 1.807) is 0 Å². The van der Waals surface area contributed by atoms with Gasteiger partial charge in [-0.1, -0.05) is 46.4 Å². The van der Waals surface area contributed by atoms with Crippen molar-refractivity contribution in [2.75, 3.05) is 13.2 Å². The molecule has 0 aromatic heterocycles. The van der Waals surface area contributed by atoms with Crippen molar-refractivity contribution in [1.29, 1.82) is 0 Å². The van der Waals surface area contributed by atoms with Crippen LogP contribution in [0.1, 0.15) is 0 Å². The maximum absolute atomic E-state index is 11.0. The highest BCUT2D eigenvalue weighted by Crippen LogP contribution is 2.08. The molecule has 0 aliphatic carbocycles. The lowest BCUT2D eigenvalue weighted by Gasteiger charge is -2.17. The van der Waals surface area contributed by atoms with E-state index in [2.05, 4.69) is 19.9 Å². The van der Waals surface area contributed by atoms with Gasteiger partial charge in [-0.3, -0.25) is 4.79 Å². The molecule has 0 rings (SSSR count). The largest absolute Gasteiger partial charge is 0.460 e. The van der Waals surface area contributed by atoms with Gasteiger partial charge in [-0.25, -0.2) is 14.4 Å². The quantitative estimate of drug-likeness (QED) is 0.285. The molecule has 0 unspecified atom stereocenters. The first kappa shape index (κ1) is 20.0. The summed E-state index contributed by atoms with van der Waals surface area (Å²) in [6.07, 6.45) is -1.32. The number of primary amides is 1. The zero-order valence-corrected chi connectivity index (χ0v) is 13.1. The fraction of sp³-hybridized carbons (Fsp3) is 0.556. The number of esters is 3. The molecule has 0 saturated heterocycles. The van der Waals surface area contributed by atoms with Crippen LogP contribution in [0.3, 0.4) is 0 Å². The predicted molar refractivity (Wildman–Crippen MR) is 72.0 cm³/mol. The van der Waals surface area contributed by atoms with Crippen LogP contribution < -0.4 is 5.73 Å². The topological polar surface area (TPSA) is 122 Å². The molecule has 120 valence electrons. The van der Waals surface area contributed by atoms with Gasteiger partial charge in [0.1, 0.15) is 13.2 Å². The van der Waals surface area contributed by atoms with E-state index in [1.807, 2.05) is 0 Å². The summed E-state index contributed by atoms with van der Waals surface area (Å²) in [4.78, 5) is 40.8. The van der Waals surface area contributed by atoms with Crippen LogP contribution >= 0.6 is 46.4 Å². The summed E-state index contributed by atoms with van der Waals surface area (Å²) in [5.74, 6) is -4.87. The van der Waals surface area contributed by atoms with Crippen molar-refractivity contribution < 1.29 is 33.4 Å². The lowest BCUT2D eigenvalue weighted by atomic mass is 10.4. The van der Waals surface area contributed by atoms with Crippen LogP contribution in [0.2, 0.25) is 0 Å². The van der Waals surface area contributed by atoms with Crippen molar-refractivity contribution in [3.05, 3.63) is 0 Å². The molecule has 0 fully saturated rings. The Hall–Kier alpha value is -0.960. The molecule has 12 heteroatoms. The third kappa shape index (κ3) is 8.82. The highest BCUT2D eigenvalue weighted by molar-refractivity contribution is 6.53. The molecule has 0 heterocycles. The van der Waals surface area contributed by atoms with Crippen LogP contribution in [0.4, 0.5) is 0 Å². The lowest BCUT2D eigenvalue weighted by molar-refractivity contribution is -0.168. The van der Waals surface area contributed by atoms with Crippen LogP contribution in [0.5, 0.6) is 0 Å². The molecule has 0 aliphatic heterocycles. The van der Waals surface area contributed by atoms with Crippen molar-refractivity contribution in [3.63, 3.8) is 0 Å². The highest BCUT2D eigenvalue weighted by atomic mass is 35.5. The van der Waals surface area contributed by atoms with Crippen molar-refractivity contribution in [2.24, 2.45) is 5.73 Å². The summed E-state index contributed by atoms with van der Waals surface area (Å²) in [5, 5.41) is 0. The van der Waals surface area contributed by atoms with E-state index in [0.717, 1.165) is 0 Å². The summed E-state index contributed by atoms with van der Waals surface area (Å²) in [6, 6.07) is 0. The molecule has 0 spiro atoms. The number of carbonyl (C=O) groups is 4. The Balaban J connectivity index is 4.54. The van der Waals surface area contributed by atoms with Crippen molar-refractivity contribution in [2.45, 2.75) is 15.8 Å². The minimum absolute atomic E-state index is 0.587. The van der Waals surface area contributed by atoms with Gasteiger partial charge in [0.15, 0.2) is 6.10 Å². The Morgan fingerprint density at radius 3 is 1.52 bits per heavy atom. The van der Waals surface area contributed by atoms with Crippen LogP contribution in [0.25, 0.3) is 0 Å². The molecule has 8 nitrogen and oxygen atoms in total. The van der Waals surface area contributed by atoms with Crippen molar-refractivity contribution in [3.8, 4) is 0 Å². The van der Waals surface area contributed by atoms with E-state index in [-0.39, 0.29) is 0 Å². The number of rotatable bonds is 7. The fourth-order valence-electron chi connectivity index (χ4n) is 0.802. The lowest BCUT2D eigenvalue weighted by Crippen LogP contribution is -2.36. The predicted octanol–water partition coefficient (Wildman–Crippen LogP) is 0.0773. The van der Waals surface area contributed by atoms with Crippen molar-refractivity contribution >= 4 is 70.2 Å². The highest BCUT2D eigenvalue weighted by Gasteiger charge is 2.24. The van der Waals surface area contributed by atoms with Crippen molar-refractivity contribution in [1.82, 2.24) is 0 Å². The first-order valence-electron chi connectivity index (χ1n) is 5.05. The molecule has 0 aromatic rings. The van der Waals surface area contributed by atoms with Gasteiger partial charge in [0.05, 0.1) is 0 Å². The molecular weight excluding hydrogens is 376 g/mol. The summed E-state index contributed by atoms with van der Waals surface area (Å²) in [7, 11) is 0. The van der Waals surface area contributed by atoms with E-state index >= 15 is 0 Å². The minimum atomic E-state index is -1.46. The molecule has 2 N–H and O–H groups in total. The van der Waals surface area contributed by atoms with E-state index in [0.29, 0.717) is 0 Å². The van der Waals surface area contributed by atoms with Gasteiger partial charge in [0.25, 0.3) is 0 Å². The number of hydrogen-bond donors (Lipinski definition) is 1. The standard InChI is InChI=1S/C9H9Cl4NO7/c10-4(11)7(16)19-1-3(21-9(18)6(14)15)2-20-8(17)5(12)13/h3-5H,1-2H2,(H2,14,15). The van der Waals surface area contributed by atoms with E-state index < -0.39 is 52.8 Å². The monoisotopic (exact) mass is 383 g/mol. The number of alkyl halides is 4. The number of nitrogens with two attached hydrogens (primary N) is 1. The Morgan fingerprint density at radius 1 is 0.857 bits per heavy atom. The molecule has 0 atom stereocenters. The second-order valence-electron chi connectivity index (χ2n) is 3.25. The van der Waals surface area contributed by atoms with Gasteiger partial charge in [-0.2, -0.15) is 0 Å². The summed E-state index contributed by atoms with van der Waals surface area (Å²) >= 11 is 20.9. The third-order valence-corrected chi connectivity index (χ3v) is 2.37. The van der Waals surface area contributed by atoms with Gasteiger partial charge < -0.3 is 19.9 Å². The van der Waals surface area contributed by atoms with Gasteiger partial charge in [0, 0.05) is 0 Å². The first-order chi connectivity index (χ1) is 9.65. The minimum Gasteiger partial charge on any atom is -0.460 e. The Morgan fingerprint density at radius 2 is 1.24 bits per heavy atom. The van der Waals surface area contributed by atoms with Gasteiger partial charge in [-0.05, 0) is 0 Å². The zero-order valence-electron chi connectivity index (χ0n) is 10.1. The number of carbonyl (C=O) groups excluding carboxylic acids is 4. The maximum Gasteiger partial charge on any atom is 0.397 e. The van der Waals surface area contributed by atoms with Gasteiger partial charge in [-0.15, -0.1) is 0 Å². The molecule has 0 aromatic carbocycles. The first-order valence-corrected chi connectivity index (χ1v) is 6.79. The number of amides is 1. The summed E-state index contributed by atoms with van der Waals surface area (Å²) in [6.45, 7) is -1.17. The average Bonchev–Trinajstić information content (AvgIpc) is 2.40. The third-order valence-electron chi connectivity index (χ3n) is 1.65. The molecular formula is C9H9Cl4NO7. The SMILES string of the molecule is NC(=O)C(=O)OC(COC(=O)C(Cl)Cl)COC(=O)C(Cl)Cl. The maximum atomic E-state index is 11.0. The summed E-state index contributed by atoms with van der Waals surface area (Å²) in [5.41, 5.74) is 4.68. The molecule has 0 aliphatic rings. The van der Waals surface area contributed by atoms with E-state index in [9.17, 15) is 19.2 Å². The molecule has 0 saturated carbocycles. The molecule has 0 radical (unpaired) electrons. The van der Waals surface area contributed by atoms with Crippen LogP contribution in [-0.4, -0.2) is 52.8 Å². The van der Waals surface area contributed by atoms with E-state index in [1.165, 1.54) is 0 Å². The second-order valence-corrected chi connectivity index (χ2v) is 5.45. The zero-order chi connectivity index (χ0) is 16.6. The Bertz CT molecular complexity index is 391. The summed E-state index contributed by atoms with van der Waals surface area (Å²) < 4.78 is 13.6. The van der Waals surface area contributed by atoms with Crippen LogP contribution in [-0.2, 0) is 33.4 Å². The normalized spacial score (nSPS) is 10.6. The second kappa shape index (κ2) is 9.88. The number of hydrogen-bond acceptors (Lipinski definition) is 7. The van der Waals surface area contributed by atoms with Gasteiger partial charge >= 0.3 is 23.8 Å².